The number of thiazole rings is 1. The number of hydrogen-bond donors (Lipinski definition) is 1. The summed E-state index contributed by atoms with van der Waals surface area (Å²) in [5, 5.41) is 4.83. The maximum absolute atomic E-state index is 12.2. The summed E-state index contributed by atoms with van der Waals surface area (Å²) in [6.45, 7) is 8.52. The van der Waals surface area contributed by atoms with E-state index in [4.69, 9.17) is 0 Å². The summed E-state index contributed by atoms with van der Waals surface area (Å²) in [6, 6.07) is 6.05. The van der Waals surface area contributed by atoms with Gasteiger partial charge in [0.05, 0.1) is 0 Å². The zero-order chi connectivity index (χ0) is 16.3. The van der Waals surface area contributed by atoms with Gasteiger partial charge in [-0.05, 0) is 30.9 Å². The van der Waals surface area contributed by atoms with Crippen molar-refractivity contribution in [3.8, 4) is 0 Å². The number of nitrogens with zero attached hydrogens (tertiary/aromatic N) is 1. The highest BCUT2D eigenvalue weighted by Crippen LogP contribution is 2.27. The lowest BCUT2D eigenvalue weighted by atomic mass is 9.98. The monoisotopic (exact) mass is 318 g/mol. The van der Waals surface area contributed by atoms with E-state index < -0.39 is 0 Å². The second kappa shape index (κ2) is 6.92. The van der Waals surface area contributed by atoms with Gasteiger partial charge in [0.15, 0.2) is 0 Å². The maximum Gasteiger partial charge on any atom is 0.307 e. The zero-order valence-electron chi connectivity index (χ0n) is 13.5. The fraction of sp³-hybridized carbons (Fsp3) is 0.412. The van der Waals surface area contributed by atoms with Crippen LogP contribution in [0.5, 0.6) is 0 Å². The first-order valence-electron chi connectivity index (χ1n) is 7.44. The number of benzene rings is 1. The van der Waals surface area contributed by atoms with Crippen LogP contribution in [0.15, 0.2) is 28.4 Å². The molecule has 22 heavy (non-hydrogen) atoms. The Kier molecular flexibility index (Phi) is 5.19. The minimum Gasteiger partial charge on any atom is -0.326 e. The number of hydrogen-bond acceptors (Lipinski definition) is 3. The number of carbonyl (C=O) groups excluding carboxylic acids is 1. The predicted octanol–water partition coefficient (Wildman–Crippen LogP) is 3.68. The molecule has 2 aromatic rings. The van der Waals surface area contributed by atoms with Crippen molar-refractivity contribution in [3.05, 3.63) is 50.1 Å². The van der Waals surface area contributed by atoms with E-state index in [9.17, 15) is 9.59 Å². The molecule has 0 bridgehead atoms. The van der Waals surface area contributed by atoms with Crippen LogP contribution in [0.4, 0.5) is 5.69 Å². The number of rotatable bonds is 5. The molecule has 1 heterocycles. The van der Waals surface area contributed by atoms with E-state index in [1.165, 1.54) is 11.3 Å². The molecular formula is C17H22N2O2S. The summed E-state index contributed by atoms with van der Waals surface area (Å²) in [6.07, 6.45) is 0.295. The molecule has 0 radical (unpaired) electrons. The van der Waals surface area contributed by atoms with Crippen LogP contribution < -0.4 is 10.2 Å². The third-order valence-corrected chi connectivity index (χ3v) is 4.61. The number of nitrogens with one attached hydrogen (secondary N) is 1. The molecular weight excluding hydrogens is 296 g/mol. The second-order valence-electron chi connectivity index (χ2n) is 5.79. The Bertz CT molecular complexity index is 729. The fourth-order valence-corrected chi connectivity index (χ4v) is 3.19. The highest BCUT2D eigenvalue weighted by atomic mass is 32.1. The van der Waals surface area contributed by atoms with E-state index in [1.54, 1.807) is 4.57 Å². The third-order valence-electron chi connectivity index (χ3n) is 3.73. The molecule has 4 nitrogen and oxygen atoms in total. The van der Waals surface area contributed by atoms with Crippen LogP contribution in [-0.4, -0.2) is 10.5 Å². The highest BCUT2D eigenvalue weighted by molar-refractivity contribution is 7.07. The zero-order valence-corrected chi connectivity index (χ0v) is 14.3. The standard InChI is InChI=1S/C17H22N2O2S/c1-11(2)14-7-5-6-12(3)16(14)18-15(20)8-9-19-13(4)10-22-17(19)21/h5-7,10-11H,8-9H2,1-4H3,(H,18,20). The van der Waals surface area contributed by atoms with Crippen LogP contribution in [0.2, 0.25) is 0 Å². The summed E-state index contributed by atoms with van der Waals surface area (Å²) in [5.74, 6) is 0.283. The molecule has 0 aliphatic heterocycles. The summed E-state index contributed by atoms with van der Waals surface area (Å²) >= 11 is 1.17. The van der Waals surface area contributed by atoms with Crippen LogP contribution in [0.25, 0.3) is 0 Å². The number of anilines is 1. The molecule has 0 spiro atoms. The molecule has 0 unspecified atom stereocenters. The van der Waals surface area contributed by atoms with Gasteiger partial charge in [-0.25, -0.2) is 0 Å². The quantitative estimate of drug-likeness (QED) is 0.914. The van der Waals surface area contributed by atoms with Gasteiger partial charge >= 0.3 is 4.87 Å². The largest absolute Gasteiger partial charge is 0.326 e. The van der Waals surface area contributed by atoms with Gasteiger partial charge in [-0.15, -0.1) is 0 Å². The Balaban J connectivity index is 2.09. The van der Waals surface area contributed by atoms with Gasteiger partial charge in [-0.2, -0.15) is 0 Å². The molecule has 5 heteroatoms. The van der Waals surface area contributed by atoms with Crippen LogP contribution >= 0.6 is 11.3 Å². The Morgan fingerprint density at radius 2 is 2.05 bits per heavy atom. The van der Waals surface area contributed by atoms with Crippen molar-refractivity contribution >= 4 is 22.9 Å². The molecule has 118 valence electrons. The molecule has 0 aliphatic carbocycles. The number of aryl methyl sites for hydroxylation is 2. The molecule has 0 saturated heterocycles. The number of carbonyl (C=O) groups is 1. The SMILES string of the molecule is Cc1cccc(C(C)C)c1NC(=O)CCn1c(C)csc1=O. The lowest BCUT2D eigenvalue weighted by molar-refractivity contribution is -0.116. The fourth-order valence-electron chi connectivity index (χ4n) is 2.43. The van der Waals surface area contributed by atoms with E-state index in [0.29, 0.717) is 18.9 Å². The first-order valence-corrected chi connectivity index (χ1v) is 8.32. The molecule has 0 fully saturated rings. The van der Waals surface area contributed by atoms with Gasteiger partial charge in [0.1, 0.15) is 0 Å². The van der Waals surface area contributed by atoms with Gasteiger partial charge in [0, 0.05) is 29.7 Å². The van der Waals surface area contributed by atoms with Crippen molar-refractivity contribution < 1.29 is 4.79 Å². The van der Waals surface area contributed by atoms with Gasteiger partial charge in [0.25, 0.3) is 0 Å². The van der Waals surface area contributed by atoms with E-state index in [1.807, 2.05) is 37.4 Å². The van der Waals surface area contributed by atoms with Crippen molar-refractivity contribution in [1.29, 1.82) is 0 Å². The molecule has 0 saturated carbocycles. The van der Waals surface area contributed by atoms with Crippen molar-refractivity contribution in [2.45, 2.75) is 46.6 Å². The average Bonchev–Trinajstić information content (AvgIpc) is 2.77. The normalized spacial score (nSPS) is 11.0. The minimum absolute atomic E-state index is 0.0101. The van der Waals surface area contributed by atoms with Gasteiger partial charge in [-0.3, -0.25) is 9.59 Å². The minimum atomic E-state index is -0.0614. The highest BCUT2D eigenvalue weighted by Gasteiger charge is 2.12. The second-order valence-corrected chi connectivity index (χ2v) is 6.61. The third kappa shape index (κ3) is 3.65. The van der Waals surface area contributed by atoms with Crippen molar-refractivity contribution in [2.24, 2.45) is 0 Å². The Morgan fingerprint density at radius 1 is 1.32 bits per heavy atom. The van der Waals surface area contributed by atoms with Crippen LogP contribution in [0.1, 0.15) is 43.0 Å². The number of aromatic nitrogens is 1. The summed E-state index contributed by atoms with van der Waals surface area (Å²) in [5.41, 5.74) is 4.00. The van der Waals surface area contributed by atoms with E-state index >= 15 is 0 Å². The lowest BCUT2D eigenvalue weighted by Crippen LogP contribution is -2.21. The predicted molar refractivity (Wildman–Crippen MR) is 91.8 cm³/mol. The molecule has 0 aliphatic rings. The van der Waals surface area contributed by atoms with Crippen LogP contribution in [0, 0.1) is 13.8 Å². The van der Waals surface area contributed by atoms with Gasteiger partial charge in [-0.1, -0.05) is 43.4 Å². The first-order chi connectivity index (χ1) is 10.4. The number of para-hydroxylation sites is 1. The molecule has 1 amide bonds. The Labute approximate surface area is 134 Å². The van der Waals surface area contributed by atoms with Crippen LogP contribution in [0.3, 0.4) is 0 Å². The van der Waals surface area contributed by atoms with Crippen molar-refractivity contribution in [3.63, 3.8) is 0 Å². The summed E-state index contributed by atoms with van der Waals surface area (Å²) < 4.78 is 1.64. The van der Waals surface area contributed by atoms with E-state index in [0.717, 1.165) is 22.5 Å². The molecule has 1 aromatic heterocycles. The number of amides is 1. The molecule has 2 rings (SSSR count). The summed E-state index contributed by atoms with van der Waals surface area (Å²) in [7, 11) is 0. The molecule has 0 atom stereocenters. The lowest BCUT2D eigenvalue weighted by Gasteiger charge is -2.16. The maximum atomic E-state index is 12.2. The molecule has 1 N–H and O–H groups in total. The average molecular weight is 318 g/mol. The Morgan fingerprint density at radius 3 is 2.64 bits per heavy atom. The van der Waals surface area contributed by atoms with E-state index in [2.05, 4.69) is 19.2 Å². The topological polar surface area (TPSA) is 51.1 Å². The first kappa shape index (κ1) is 16.5. The van der Waals surface area contributed by atoms with E-state index in [-0.39, 0.29) is 10.8 Å². The van der Waals surface area contributed by atoms with Crippen molar-refractivity contribution in [1.82, 2.24) is 4.57 Å². The molecule has 1 aromatic carbocycles. The smallest absolute Gasteiger partial charge is 0.307 e. The summed E-state index contributed by atoms with van der Waals surface area (Å²) in [4.78, 5) is 23.9. The van der Waals surface area contributed by atoms with Crippen molar-refractivity contribution in [2.75, 3.05) is 5.32 Å². The van der Waals surface area contributed by atoms with Crippen LogP contribution in [-0.2, 0) is 11.3 Å². The Hall–Kier alpha value is -1.88. The van der Waals surface area contributed by atoms with Gasteiger partial charge in [0.2, 0.25) is 5.91 Å². The van der Waals surface area contributed by atoms with Gasteiger partial charge < -0.3 is 9.88 Å².